The Kier molecular flexibility index (Phi) is 2.84. The molecular weight excluding hydrogens is 356 g/mol. The normalized spacial score (nSPS) is 58.1. The summed E-state index contributed by atoms with van der Waals surface area (Å²) in [6.45, 7) is 0. The van der Waals surface area contributed by atoms with E-state index in [1.807, 2.05) is 0 Å². The maximum atomic E-state index is 11.2. The lowest BCUT2D eigenvalue weighted by molar-refractivity contribution is -0.533. The lowest BCUT2D eigenvalue weighted by atomic mass is 9.55. The first-order valence-corrected chi connectivity index (χ1v) is 7.99. The third-order valence-corrected chi connectivity index (χ3v) is 6.22. The number of hydrogen-bond acceptors (Lipinski definition) is 12. The summed E-state index contributed by atoms with van der Waals surface area (Å²) in [5.74, 6) is -4.86. The molecule has 13 heteroatoms. The molecule has 4 saturated heterocycles. The Bertz CT molecular complexity index is 736. The molecule has 0 aromatic rings. The molecule has 11 atom stereocenters. The Morgan fingerprint density at radius 2 is 1.96 bits per heavy atom. The van der Waals surface area contributed by atoms with E-state index in [2.05, 4.69) is 10.3 Å². The number of carboxylic acid groups (broad SMARTS) is 1. The Morgan fingerprint density at radius 1 is 1.31 bits per heavy atom. The molecule has 13 nitrogen and oxygen atoms in total. The number of rotatable bonds is 3. The summed E-state index contributed by atoms with van der Waals surface area (Å²) in [5, 5.41) is 55.3. The fourth-order valence-electron chi connectivity index (χ4n) is 5.17. The molecule has 26 heavy (non-hydrogen) atoms. The highest BCUT2D eigenvalue weighted by molar-refractivity contribution is 5.81. The van der Waals surface area contributed by atoms with Gasteiger partial charge in [0.2, 0.25) is 0 Å². The van der Waals surface area contributed by atoms with E-state index in [-0.39, 0.29) is 5.96 Å². The second-order valence-corrected chi connectivity index (χ2v) is 7.35. The highest BCUT2D eigenvalue weighted by Gasteiger charge is 2.88. The second kappa shape index (κ2) is 4.45. The lowest BCUT2D eigenvalue weighted by Gasteiger charge is -2.69. The first-order valence-electron chi connectivity index (χ1n) is 7.99. The van der Waals surface area contributed by atoms with Gasteiger partial charge in [-0.2, -0.15) is 0 Å². The molecule has 0 aromatic carbocycles. The molecule has 10 N–H and O–H groups in total. The molecule has 5 fully saturated rings. The van der Waals surface area contributed by atoms with Crippen molar-refractivity contribution >= 4 is 11.9 Å². The van der Waals surface area contributed by atoms with Gasteiger partial charge in [-0.05, 0) is 0 Å². The zero-order chi connectivity index (χ0) is 18.8. The van der Waals surface area contributed by atoms with Gasteiger partial charge in [0, 0.05) is 0 Å². The van der Waals surface area contributed by atoms with Crippen LogP contribution in [0.4, 0.5) is 0 Å². The number of guanidine groups is 1. The van der Waals surface area contributed by atoms with Crippen molar-refractivity contribution in [1.29, 1.82) is 0 Å². The van der Waals surface area contributed by atoms with Crippen LogP contribution in [-0.2, 0) is 19.0 Å². The van der Waals surface area contributed by atoms with Crippen molar-refractivity contribution in [2.75, 3.05) is 0 Å². The van der Waals surface area contributed by atoms with E-state index in [1.165, 1.54) is 0 Å². The lowest BCUT2D eigenvalue weighted by Crippen LogP contribution is -2.94. The predicted molar refractivity (Wildman–Crippen MR) is 76.9 cm³/mol. The van der Waals surface area contributed by atoms with Crippen molar-refractivity contribution in [2.24, 2.45) is 22.4 Å². The molecular formula is C13H18N4O9. The number of aliphatic imine (C=N–C) groups is 1. The number of carboxylic acids is 1. The summed E-state index contributed by atoms with van der Waals surface area (Å²) in [6, 6.07) is -1.90. The fourth-order valence-corrected chi connectivity index (χ4v) is 5.17. The summed E-state index contributed by atoms with van der Waals surface area (Å²) in [7, 11) is 0. The third kappa shape index (κ3) is 1.48. The minimum absolute atomic E-state index is 0.0373. The van der Waals surface area contributed by atoms with Crippen LogP contribution in [0.15, 0.2) is 4.99 Å². The number of nitrogens with zero attached hydrogens (tertiary/aromatic N) is 1. The highest BCUT2D eigenvalue weighted by Crippen LogP contribution is 2.64. The summed E-state index contributed by atoms with van der Waals surface area (Å²) in [6.07, 6.45) is -8.88. The Balaban J connectivity index is 1.68. The predicted octanol–water partition coefficient (Wildman–Crippen LogP) is -5.69. The Labute approximate surface area is 145 Å². The summed E-state index contributed by atoms with van der Waals surface area (Å²) in [5.41, 5.74) is 7.38. The van der Waals surface area contributed by atoms with Gasteiger partial charge in [0.15, 0.2) is 18.3 Å². The van der Waals surface area contributed by atoms with Crippen LogP contribution in [0, 0.1) is 5.92 Å². The molecule has 144 valence electrons. The number of nitrogens with one attached hydrogen (secondary N) is 1. The number of carbonyl (C=O) groups is 1. The van der Waals surface area contributed by atoms with E-state index < -0.39 is 71.8 Å². The van der Waals surface area contributed by atoms with Crippen LogP contribution in [0.3, 0.4) is 0 Å². The number of hydrogen-bond donors (Lipinski definition) is 8. The average Bonchev–Trinajstić information content (AvgIpc) is 2.72. The van der Waals surface area contributed by atoms with E-state index in [0.29, 0.717) is 0 Å². The van der Waals surface area contributed by atoms with Crippen molar-refractivity contribution in [3.63, 3.8) is 0 Å². The van der Waals surface area contributed by atoms with Crippen molar-refractivity contribution < 1.29 is 44.5 Å². The van der Waals surface area contributed by atoms with Crippen LogP contribution in [-0.4, -0.2) is 97.4 Å². The van der Waals surface area contributed by atoms with Crippen LogP contribution in [0.1, 0.15) is 0 Å². The topological polar surface area (TPSA) is 222 Å². The smallest absolute Gasteiger partial charge is 0.323 e. The summed E-state index contributed by atoms with van der Waals surface area (Å²) < 4.78 is 16.5. The molecule has 0 radical (unpaired) electrons. The standard InChI is InChI=1S/C13H18N4O9/c14-2(8(20)21)3(18)12(22)5-1-7-16-10(15)17-11(1)4(19)6(12)26-13(23,25-5)9(11)24-7/h1-7,9,18-19,22-23H,14H2,(H,20,21)(H3,15,16,17)/t1-,2+,3-,4-,5-,6+,7-,9?,11-,12+,13+/m1/s1. The van der Waals surface area contributed by atoms with Gasteiger partial charge in [-0.15, -0.1) is 0 Å². The first-order chi connectivity index (χ1) is 12.1. The zero-order valence-electron chi connectivity index (χ0n) is 13.1. The summed E-state index contributed by atoms with van der Waals surface area (Å²) in [4.78, 5) is 15.2. The molecule has 1 unspecified atom stereocenters. The maximum absolute atomic E-state index is 11.2. The SMILES string of the molecule is NC1=N[C@@H]2OC3[C@]4(O)O[C@@H]5[C@H]2[C@@]3(N1)[C@H](O)[C@H](O4)[C@]5(O)[C@H](O)[C@H](N)C(=O)O. The minimum Gasteiger partial charge on any atom is -0.480 e. The second-order valence-electron chi connectivity index (χ2n) is 7.35. The third-order valence-electron chi connectivity index (χ3n) is 6.22. The van der Waals surface area contributed by atoms with E-state index >= 15 is 0 Å². The van der Waals surface area contributed by atoms with E-state index in [1.54, 1.807) is 0 Å². The largest absolute Gasteiger partial charge is 0.480 e. The van der Waals surface area contributed by atoms with Gasteiger partial charge in [0.1, 0.15) is 41.6 Å². The molecule has 1 saturated carbocycles. The van der Waals surface area contributed by atoms with Gasteiger partial charge in [-0.1, -0.05) is 0 Å². The van der Waals surface area contributed by atoms with Crippen molar-refractivity contribution in [2.45, 2.75) is 59.9 Å². The van der Waals surface area contributed by atoms with Gasteiger partial charge < -0.3 is 56.5 Å². The fraction of sp³-hybridized carbons (Fsp3) is 0.846. The van der Waals surface area contributed by atoms with Crippen LogP contribution in [0.25, 0.3) is 0 Å². The van der Waals surface area contributed by atoms with Gasteiger partial charge in [-0.25, -0.2) is 4.99 Å². The van der Waals surface area contributed by atoms with Crippen LogP contribution in [0.5, 0.6) is 0 Å². The van der Waals surface area contributed by atoms with Gasteiger partial charge >= 0.3 is 11.9 Å². The van der Waals surface area contributed by atoms with E-state index in [0.717, 1.165) is 0 Å². The molecule has 1 spiro atoms. The van der Waals surface area contributed by atoms with E-state index in [9.17, 15) is 25.2 Å². The monoisotopic (exact) mass is 374 g/mol. The average molecular weight is 374 g/mol. The van der Waals surface area contributed by atoms with Crippen LogP contribution < -0.4 is 16.8 Å². The molecule has 5 aliphatic heterocycles. The van der Waals surface area contributed by atoms with Gasteiger partial charge in [-0.3, -0.25) is 4.79 Å². The molecule has 6 rings (SSSR count). The Morgan fingerprint density at radius 3 is 2.62 bits per heavy atom. The molecule has 0 aromatic heterocycles. The van der Waals surface area contributed by atoms with E-state index in [4.69, 9.17) is 30.8 Å². The molecule has 6 aliphatic rings. The highest BCUT2D eigenvalue weighted by atomic mass is 16.9. The van der Waals surface area contributed by atoms with Crippen molar-refractivity contribution in [3.8, 4) is 0 Å². The molecule has 7 bridgehead atoms. The number of nitrogens with two attached hydrogens (primary N) is 2. The van der Waals surface area contributed by atoms with Gasteiger partial charge in [0.25, 0.3) is 0 Å². The molecule has 5 heterocycles. The summed E-state index contributed by atoms with van der Waals surface area (Å²) >= 11 is 0. The quantitative estimate of drug-likeness (QED) is 0.231. The Hall–Kier alpha value is -1.58. The molecule has 1 aliphatic carbocycles. The number of aliphatic hydroxyl groups is 4. The molecule has 0 amide bonds. The maximum Gasteiger partial charge on any atom is 0.323 e. The van der Waals surface area contributed by atoms with Crippen LogP contribution >= 0.6 is 0 Å². The zero-order valence-corrected chi connectivity index (χ0v) is 13.1. The van der Waals surface area contributed by atoms with Gasteiger partial charge in [0.05, 0.1) is 5.92 Å². The number of ether oxygens (including phenoxy) is 3. The van der Waals surface area contributed by atoms with Crippen LogP contribution in [0.2, 0.25) is 0 Å². The van der Waals surface area contributed by atoms with Crippen molar-refractivity contribution in [3.05, 3.63) is 0 Å². The first kappa shape index (κ1) is 16.6. The number of aliphatic carboxylic acids is 1. The number of aliphatic hydroxyl groups excluding tert-OH is 2. The minimum atomic E-state index is -2.45. The van der Waals surface area contributed by atoms with Crippen molar-refractivity contribution in [1.82, 2.24) is 5.32 Å².